The molecule has 1 heterocycles. The summed E-state index contributed by atoms with van der Waals surface area (Å²) in [6.07, 6.45) is -6.16. The van der Waals surface area contributed by atoms with Gasteiger partial charge in [0.1, 0.15) is 42.5 Å². The van der Waals surface area contributed by atoms with Gasteiger partial charge in [0.25, 0.3) is 0 Å². The number of rotatable bonds is 6. The van der Waals surface area contributed by atoms with Crippen molar-refractivity contribution in [3.63, 3.8) is 0 Å². The van der Waals surface area contributed by atoms with Gasteiger partial charge >= 0.3 is 5.97 Å². The Bertz CT molecular complexity index is 560. The number of aliphatic hydroxyl groups is 3. The molecule has 4 N–H and O–H groups in total. The zero-order valence-electron chi connectivity index (χ0n) is 14.1. The monoisotopic (exact) mass is 356 g/mol. The number of aromatic hydroxyl groups is 1. The number of benzene rings is 1. The van der Waals surface area contributed by atoms with E-state index in [1.807, 2.05) is 6.92 Å². The van der Waals surface area contributed by atoms with Crippen molar-refractivity contribution in [1.82, 2.24) is 0 Å². The smallest absolute Gasteiger partial charge is 0.308 e. The van der Waals surface area contributed by atoms with E-state index in [2.05, 4.69) is 0 Å². The molecule has 25 heavy (non-hydrogen) atoms. The van der Waals surface area contributed by atoms with Crippen LogP contribution in [-0.4, -0.2) is 63.7 Å². The molecule has 1 aromatic carbocycles. The predicted molar refractivity (Wildman–Crippen MR) is 85.8 cm³/mol. The van der Waals surface area contributed by atoms with Gasteiger partial charge in [0.15, 0.2) is 0 Å². The second kappa shape index (κ2) is 8.48. The summed E-state index contributed by atoms with van der Waals surface area (Å²) >= 11 is 0. The molecule has 0 aromatic heterocycles. The van der Waals surface area contributed by atoms with E-state index in [1.54, 1.807) is 6.92 Å². The van der Waals surface area contributed by atoms with Crippen molar-refractivity contribution >= 4 is 5.97 Å². The van der Waals surface area contributed by atoms with E-state index in [-0.39, 0.29) is 18.3 Å². The van der Waals surface area contributed by atoms with Crippen LogP contribution < -0.4 is 4.74 Å². The molecule has 8 nitrogen and oxygen atoms in total. The molecule has 0 saturated carbocycles. The Hall–Kier alpha value is -1.87. The van der Waals surface area contributed by atoms with Crippen LogP contribution in [0, 0.1) is 5.92 Å². The van der Waals surface area contributed by atoms with E-state index in [4.69, 9.17) is 14.2 Å². The Morgan fingerprint density at radius 1 is 1.16 bits per heavy atom. The summed E-state index contributed by atoms with van der Waals surface area (Å²) in [4.78, 5) is 11.7. The van der Waals surface area contributed by atoms with Crippen LogP contribution in [0.15, 0.2) is 24.3 Å². The third-order valence-electron chi connectivity index (χ3n) is 4.16. The van der Waals surface area contributed by atoms with Crippen LogP contribution in [0.1, 0.15) is 20.3 Å². The summed E-state index contributed by atoms with van der Waals surface area (Å²) in [5.41, 5.74) is 0. The van der Waals surface area contributed by atoms with Crippen LogP contribution in [0.3, 0.4) is 0 Å². The number of phenols is 1. The van der Waals surface area contributed by atoms with Crippen molar-refractivity contribution in [2.45, 2.75) is 51.0 Å². The fourth-order valence-corrected chi connectivity index (χ4v) is 2.28. The molecule has 1 aliphatic rings. The normalized spacial score (nSPS) is 30.5. The van der Waals surface area contributed by atoms with Crippen LogP contribution >= 0.6 is 0 Å². The fourth-order valence-electron chi connectivity index (χ4n) is 2.28. The Balaban J connectivity index is 2.01. The summed E-state index contributed by atoms with van der Waals surface area (Å²) in [6.45, 7) is 3.29. The van der Waals surface area contributed by atoms with Crippen LogP contribution in [-0.2, 0) is 14.3 Å². The van der Waals surface area contributed by atoms with E-state index < -0.39 is 36.7 Å². The molecule has 0 radical (unpaired) electrons. The number of esters is 1. The number of hydrogen-bond acceptors (Lipinski definition) is 8. The number of carbonyl (C=O) groups excluding carboxylic acids is 1. The molecular weight excluding hydrogens is 332 g/mol. The highest BCUT2D eigenvalue weighted by molar-refractivity contribution is 5.71. The van der Waals surface area contributed by atoms with Crippen LogP contribution in [0.5, 0.6) is 11.5 Å². The number of phenolic OH excluding ortho intramolecular Hbond substituents is 1. The average Bonchev–Trinajstić information content (AvgIpc) is 2.61. The van der Waals surface area contributed by atoms with Gasteiger partial charge in [0.2, 0.25) is 6.29 Å². The highest BCUT2D eigenvalue weighted by Gasteiger charge is 2.45. The Morgan fingerprint density at radius 3 is 2.40 bits per heavy atom. The van der Waals surface area contributed by atoms with Gasteiger partial charge in [0, 0.05) is 0 Å². The summed E-state index contributed by atoms with van der Waals surface area (Å²) in [7, 11) is 0. The molecule has 0 spiro atoms. The van der Waals surface area contributed by atoms with E-state index in [9.17, 15) is 25.2 Å². The van der Waals surface area contributed by atoms with E-state index in [1.165, 1.54) is 24.3 Å². The molecule has 6 atom stereocenters. The summed E-state index contributed by atoms with van der Waals surface area (Å²) in [5, 5.41) is 39.3. The van der Waals surface area contributed by atoms with Gasteiger partial charge in [-0.2, -0.15) is 0 Å². The summed E-state index contributed by atoms with van der Waals surface area (Å²) in [6, 6.07) is 5.70. The highest BCUT2D eigenvalue weighted by atomic mass is 16.7. The lowest BCUT2D eigenvalue weighted by molar-refractivity contribution is -0.278. The quantitative estimate of drug-likeness (QED) is 0.532. The van der Waals surface area contributed by atoms with Crippen LogP contribution in [0.2, 0.25) is 0 Å². The van der Waals surface area contributed by atoms with Gasteiger partial charge in [-0.05, 0) is 30.7 Å². The molecule has 1 saturated heterocycles. The van der Waals surface area contributed by atoms with Crippen molar-refractivity contribution in [2.24, 2.45) is 5.92 Å². The third kappa shape index (κ3) is 4.82. The molecule has 1 aromatic rings. The molecule has 0 aliphatic carbocycles. The van der Waals surface area contributed by atoms with Gasteiger partial charge in [-0.25, -0.2) is 0 Å². The minimum absolute atomic E-state index is 0.0442. The molecule has 0 amide bonds. The zero-order valence-corrected chi connectivity index (χ0v) is 14.1. The van der Waals surface area contributed by atoms with E-state index in [0.29, 0.717) is 12.2 Å². The van der Waals surface area contributed by atoms with Gasteiger partial charge in [0.05, 0.1) is 5.92 Å². The molecule has 8 heteroatoms. The highest BCUT2D eigenvalue weighted by Crippen LogP contribution is 2.25. The first-order valence-corrected chi connectivity index (χ1v) is 8.15. The minimum Gasteiger partial charge on any atom is -0.508 e. The predicted octanol–water partition coefficient (Wildman–Crippen LogP) is 0.168. The summed E-state index contributed by atoms with van der Waals surface area (Å²) in [5.74, 6) is -0.390. The van der Waals surface area contributed by atoms with Gasteiger partial charge in [-0.1, -0.05) is 13.8 Å². The molecular formula is C17H24O8. The molecule has 140 valence electrons. The number of aliphatic hydroxyl groups excluding tert-OH is 3. The first kappa shape index (κ1) is 19.5. The first-order valence-electron chi connectivity index (χ1n) is 8.15. The van der Waals surface area contributed by atoms with Crippen LogP contribution in [0.25, 0.3) is 0 Å². The van der Waals surface area contributed by atoms with Crippen molar-refractivity contribution in [3.05, 3.63) is 24.3 Å². The number of carbonyl (C=O) groups is 1. The largest absolute Gasteiger partial charge is 0.508 e. The zero-order chi connectivity index (χ0) is 18.6. The molecule has 0 bridgehead atoms. The summed E-state index contributed by atoms with van der Waals surface area (Å²) < 4.78 is 16.0. The van der Waals surface area contributed by atoms with E-state index in [0.717, 1.165) is 0 Å². The third-order valence-corrected chi connectivity index (χ3v) is 4.16. The molecule has 0 unspecified atom stereocenters. The lowest BCUT2D eigenvalue weighted by atomic mass is 9.99. The number of hydrogen-bond donors (Lipinski definition) is 4. The van der Waals surface area contributed by atoms with Gasteiger partial charge in [-0.15, -0.1) is 0 Å². The maximum absolute atomic E-state index is 11.7. The topological polar surface area (TPSA) is 126 Å². The Morgan fingerprint density at radius 2 is 1.80 bits per heavy atom. The van der Waals surface area contributed by atoms with Crippen LogP contribution in [0.4, 0.5) is 0 Å². The van der Waals surface area contributed by atoms with Crippen molar-refractivity contribution in [1.29, 1.82) is 0 Å². The Labute approximate surface area is 145 Å². The van der Waals surface area contributed by atoms with Crippen molar-refractivity contribution < 1.29 is 39.4 Å². The fraction of sp³-hybridized carbons (Fsp3) is 0.588. The SMILES string of the molecule is CC[C@H](C)C(=O)OC[C@H]1O[C@@H](Oc2ccc(O)cc2)[C@H](O)[C@@H](O)[C@@H]1O. The lowest BCUT2D eigenvalue weighted by Gasteiger charge is -2.40. The lowest BCUT2D eigenvalue weighted by Crippen LogP contribution is -2.60. The molecule has 1 fully saturated rings. The average molecular weight is 356 g/mol. The first-order chi connectivity index (χ1) is 11.8. The maximum atomic E-state index is 11.7. The van der Waals surface area contributed by atoms with Gasteiger partial charge in [-0.3, -0.25) is 4.79 Å². The van der Waals surface area contributed by atoms with Crippen molar-refractivity contribution in [2.75, 3.05) is 6.61 Å². The molecule has 1 aliphatic heterocycles. The standard InChI is InChI=1S/C17H24O8/c1-3-9(2)16(22)23-8-12-13(19)14(20)15(21)17(25-12)24-11-6-4-10(18)5-7-11/h4-7,9,12-15,17-21H,3,8H2,1-2H3/t9-,12+,13+,14-,15+,17+/m0/s1. The second-order valence-corrected chi connectivity index (χ2v) is 6.07. The minimum atomic E-state index is -1.52. The van der Waals surface area contributed by atoms with Crippen molar-refractivity contribution in [3.8, 4) is 11.5 Å². The maximum Gasteiger partial charge on any atom is 0.308 e. The molecule has 2 rings (SSSR count). The Kier molecular flexibility index (Phi) is 6.60. The van der Waals surface area contributed by atoms with E-state index >= 15 is 0 Å². The second-order valence-electron chi connectivity index (χ2n) is 6.07. The van der Waals surface area contributed by atoms with Gasteiger partial charge < -0.3 is 34.6 Å². The number of ether oxygens (including phenoxy) is 3.